The minimum atomic E-state index is -0.230. The van der Waals surface area contributed by atoms with E-state index in [1.807, 2.05) is 0 Å². The van der Waals surface area contributed by atoms with Crippen molar-refractivity contribution in [3.8, 4) is 0 Å². The highest BCUT2D eigenvalue weighted by Gasteiger charge is 2.23. The Bertz CT molecular complexity index is 615. The second-order valence-electron chi connectivity index (χ2n) is 5.85. The Morgan fingerprint density at radius 2 is 2.13 bits per heavy atom. The number of aromatic nitrogens is 2. The van der Waals surface area contributed by atoms with E-state index < -0.39 is 0 Å². The zero-order chi connectivity index (χ0) is 16.1. The van der Waals surface area contributed by atoms with Gasteiger partial charge >= 0.3 is 0 Å². The van der Waals surface area contributed by atoms with Gasteiger partial charge in [0.25, 0.3) is 0 Å². The van der Waals surface area contributed by atoms with Gasteiger partial charge in [0.2, 0.25) is 5.89 Å². The van der Waals surface area contributed by atoms with Gasteiger partial charge in [0, 0.05) is 19.5 Å². The first-order valence-corrected chi connectivity index (χ1v) is 8.15. The maximum atomic E-state index is 13.0. The van der Waals surface area contributed by atoms with Crippen LogP contribution in [0.1, 0.15) is 43.1 Å². The van der Waals surface area contributed by atoms with Crippen LogP contribution < -0.4 is 0 Å². The molecule has 5 nitrogen and oxygen atoms in total. The van der Waals surface area contributed by atoms with Gasteiger partial charge in [0.1, 0.15) is 5.82 Å². The molecule has 0 saturated carbocycles. The molecule has 1 aliphatic rings. The first-order chi connectivity index (χ1) is 11.2. The molecule has 0 unspecified atom stereocenters. The summed E-state index contributed by atoms with van der Waals surface area (Å²) in [6, 6.07) is 6.49. The fraction of sp³-hybridized carbons (Fsp3) is 0.529. The molecular formula is C17H22FN3O2. The van der Waals surface area contributed by atoms with Gasteiger partial charge in [0.05, 0.1) is 19.3 Å². The SMILES string of the molecule is CCCCc1noc(CN2CCO[C@H](c3ccc(F)cc3)C2)n1. The normalized spacial score (nSPS) is 19.1. The smallest absolute Gasteiger partial charge is 0.240 e. The van der Waals surface area contributed by atoms with Crippen LogP contribution in [-0.2, 0) is 17.7 Å². The fourth-order valence-corrected chi connectivity index (χ4v) is 2.71. The standard InChI is InChI=1S/C17H22FN3O2/c1-2-3-4-16-19-17(23-20-16)12-21-9-10-22-15(11-21)13-5-7-14(18)8-6-13/h5-8,15H,2-4,9-12H2,1H3/t15-/m0/s1. The van der Waals surface area contributed by atoms with E-state index in [0.717, 1.165) is 43.7 Å². The number of unbranched alkanes of at least 4 members (excludes halogenated alkanes) is 1. The average Bonchev–Trinajstić information content (AvgIpc) is 3.01. The summed E-state index contributed by atoms with van der Waals surface area (Å²) in [5.74, 6) is 1.20. The van der Waals surface area contributed by atoms with Gasteiger partial charge in [0.15, 0.2) is 5.82 Å². The summed E-state index contributed by atoms with van der Waals surface area (Å²) in [6.45, 7) is 4.96. The van der Waals surface area contributed by atoms with Crippen LogP contribution in [0.4, 0.5) is 4.39 Å². The van der Waals surface area contributed by atoms with Crippen molar-refractivity contribution in [3.05, 3.63) is 47.4 Å². The number of benzene rings is 1. The molecular weight excluding hydrogens is 297 g/mol. The summed E-state index contributed by atoms with van der Waals surface area (Å²) >= 11 is 0. The predicted molar refractivity (Wildman–Crippen MR) is 83.3 cm³/mol. The van der Waals surface area contributed by atoms with Crippen LogP contribution in [0.2, 0.25) is 0 Å². The van der Waals surface area contributed by atoms with Gasteiger partial charge < -0.3 is 9.26 Å². The number of hydrogen-bond acceptors (Lipinski definition) is 5. The summed E-state index contributed by atoms with van der Waals surface area (Å²) in [5.41, 5.74) is 0.991. The number of hydrogen-bond donors (Lipinski definition) is 0. The molecule has 124 valence electrons. The molecule has 1 aromatic heterocycles. The van der Waals surface area contributed by atoms with E-state index >= 15 is 0 Å². The first kappa shape index (κ1) is 16.1. The molecule has 3 rings (SSSR count). The lowest BCUT2D eigenvalue weighted by Crippen LogP contribution is -2.37. The molecule has 1 aromatic carbocycles. The molecule has 1 aliphatic heterocycles. The average molecular weight is 319 g/mol. The minimum absolute atomic E-state index is 0.0492. The molecule has 6 heteroatoms. The van der Waals surface area contributed by atoms with Gasteiger partial charge in [-0.15, -0.1) is 0 Å². The molecule has 2 aromatic rings. The summed E-state index contributed by atoms with van der Waals surface area (Å²) in [6.07, 6.45) is 3.00. The van der Waals surface area contributed by atoms with Crippen molar-refractivity contribution in [1.82, 2.24) is 15.0 Å². The van der Waals surface area contributed by atoms with E-state index in [-0.39, 0.29) is 11.9 Å². The molecule has 23 heavy (non-hydrogen) atoms. The van der Waals surface area contributed by atoms with Gasteiger partial charge in [-0.05, 0) is 24.1 Å². The van der Waals surface area contributed by atoms with E-state index in [9.17, 15) is 4.39 Å². The lowest BCUT2D eigenvalue weighted by Gasteiger charge is -2.32. The van der Waals surface area contributed by atoms with E-state index in [2.05, 4.69) is 22.0 Å². The zero-order valence-electron chi connectivity index (χ0n) is 13.4. The first-order valence-electron chi connectivity index (χ1n) is 8.15. The largest absolute Gasteiger partial charge is 0.371 e. The van der Waals surface area contributed by atoms with E-state index in [4.69, 9.17) is 9.26 Å². The topological polar surface area (TPSA) is 51.4 Å². The molecule has 0 aliphatic carbocycles. The molecule has 0 amide bonds. The summed E-state index contributed by atoms with van der Waals surface area (Å²) in [4.78, 5) is 6.67. The Labute approximate surface area is 135 Å². The van der Waals surface area contributed by atoms with Crippen LogP contribution in [0, 0.1) is 5.82 Å². The monoisotopic (exact) mass is 319 g/mol. The molecule has 0 radical (unpaired) electrons. The molecule has 2 heterocycles. The van der Waals surface area contributed by atoms with E-state index in [1.54, 1.807) is 12.1 Å². The lowest BCUT2D eigenvalue weighted by atomic mass is 10.1. The minimum Gasteiger partial charge on any atom is -0.371 e. The van der Waals surface area contributed by atoms with Gasteiger partial charge in [-0.25, -0.2) is 4.39 Å². The molecule has 0 N–H and O–H groups in total. The van der Waals surface area contributed by atoms with Crippen LogP contribution in [0.5, 0.6) is 0 Å². The van der Waals surface area contributed by atoms with Gasteiger partial charge in [-0.1, -0.05) is 30.6 Å². The Morgan fingerprint density at radius 1 is 1.30 bits per heavy atom. The van der Waals surface area contributed by atoms with Crippen molar-refractivity contribution >= 4 is 0 Å². The van der Waals surface area contributed by atoms with E-state index in [1.165, 1.54) is 12.1 Å². The zero-order valence-corrected chi connectivity index (χ0v) is 13.4. The molecule has 0 bridgehead atoms. The maximum absolute atomic E-state index is 13.0. The van der Waals surface area contributed by atoms with Crippen molar-refractivity contribution in [2.45, 2.75) is 38.8 Å². The number of ether oxygens (including phenoxy) is 1. The highest BCUT2D eigenvalue weighted by molar-refractivity contribution is 5.19. The lowest BCUT2D eigenvalue weighted by molar-refractivity contribution is -0.0356. The number of morpholine rings is 1. The second-order valence-corrected chi connectivity index (χ2v) is 5.85. The quantitative estimate of drug-likeness (QED) is 0.819. The van der Waals surface area contributed by atoms with Crippen LogP contribution in [-0.4, -0.2) is 34.7 Å². The summed E-state index contributed by atoms with van der Waals surface area (Å²) in [7, 11) is 0. The van der Waals surface area contributed by atoms with Crippen molar-refractivity contribution in [3.63, 3.8) is 0 Å². The predicted octanol–water partition coefficient (Wildman–Crippen LogP) is 3.12. The van der Waals surface area contributed by atoms with Crippen molar-refractivity contribution in [1.29, 1.82) is 0 Å². The molecule has 1 saturated heterocycles. The van der Waals surface area contributed by atoms with Crippen molar-refractivity contribution in [2.75, 3.05) is 19.7 Å². The van der Waals surface area contributed by atoms with Crippen LogP contribution in [0.3, 0.4) is 0 Å². The molecule has 1 atom stereocenters. The molecule has 1 fully saturated rings. The van der Waals surface area contributed by atoms with Crippen molar-refractivity contribution in [2.24, 2.45) is 0 Å². The molecule has 0 spiro atoms. The van der Waals surface area contributed by atoms with Crippen LogP contribution in [0.15, 0.2) is 28.8 Å². The Morgan fingerprint density at radius 3 is 2.91 bits per heavy atom. The Kier molecular flexibility index (Phi) is 5.35. The number of halogens is 1. The van der Waals surface area contributed by atoms with Gasteiger partial charge in [-0.3, -0.25) is 4.90 Å². The third-order valence-corrected chi connectivity index (χ3v) is 4.02. The second kappa shape index (κ2) is 7.66. The van der Waals surface area contributed by atoms with Crippen molar-refractivity contribution < 1.29 is 13.7 Å². The van der Waals surface area contributed by atoms with Crippen LogP contribution >= 0.6 is 0 Å². The summed E-state index contributed by atoms with van der Waals surface area (Å²) < 4.78 is 24.2. The Balaban J connectivity index is 1.58. The third kappa shape index (κ3) is 4.36. The third-order valence-electron chi connectivity index (χ3n) is 4.02. The maximum Gasteiger partial charge on any atom is 0.240 e. The van der Waals surface area contributed by atoms with Crippen LogP contribution in [0.25, 0.3) is 0 Å². The highest BCUT2D eigenvalue weighted by Crippen LogP contribution is 2.23. The highest BCUT2D eigenvalue weighted by atomic mass is 19.1. The number of aryl methyl sites for hydroxylation is 1. The Hall–Kier alpha value is -1.79. The summed E-state index contributed by atoms with van der Waals surface area (Å²) in [5, 5.41) is 4.02. The fourth-order valence-electron chi connectivity index (χ4n) is 2.71. The number of rotatable bonds is 6. The van der Waals surface area contributed by atoms with Gasteiger partial charge in [-0.2, -0.15) is 4.98 Å². The number of nitrogens with zero attached hydrogens (tertiary/aromatic N) is 3. The van der Waals surface area contributed by atoms with E-state index in [0.29, 0.717) is 19.0 Å².